The van der Waals surface area contributed by atoms with Crippen molar-refractivity contribution in [3.05, 3.63) is 22.4 Å². The molecule has 0 saturated heterocycles. The Morgan fingerprint density at radius 2 is 2.00 bits per heavy atom. The van der Waals surface area contributed by atoms with Crippen molar-refractivity contribution < 1.29 is 18.9 Å². The van der Waals surface area contributed by atoms with Gasteiger partial charge in [0.15, 0.2) is 5.69 Å². The standard InChI is InChI=1S/C15H23N5O5/c1-9-7-11(20-25-9)14(23)18-10(13(22)16-5-6-17-24)8-12(21)19-15(2,3)4/h7,10H,5-6,8H2,1-4H3,(H,16,22)(H,18,23)(H,19,21)/t10-/m0/s1. The number of aromatic nitrogens is 1. The summed E-state index contributed by atoms with van der Waals surface area (Å²) in [4.78, 5) is 46.5. The lowest BCUT2D eigenvalue weighted by molar-refractivity contribution is -0.128. The summed E-state index contributed by atoms with van der Waals surface area (Å²) in [5.74, 6) is -1.21. The van der Waals surface area contributed by atoms with Gasteiger partial charge in [-0.2, -0.15) is 4.91 Å². The molecule has 3 amide bonds. The highest BCUT2D eigenvalue weighted by molar-refractivity contribution is 5.97. The van der Waals surface area contributed by atoms with Crippen LogP contribution in [0.15, 0.2) is 15.8 Å². The van der Waals surface area contributed by atoms with Crippen LogP contribution >= 0.6 is 0 Å². The molecule has 1 rings (SSSR count). The topological polar surface area (TPSA) is 143 Å². The Bertz CT molecular complexity index is 635. The quantitative estimate of drug-likeness (QED) is 0.452. The number of amides is 3. The molecule has 0 aliphatic rings. The minimum Gasteiger partial charge on any atom is -0.361 e. The molecule has 0 aliphatic carbocycles. The lowest BCUT2D eigenvalue weighted by Gasteiger charge is -2.23. The van der Waals surface area contributed by atoms with Crippen molar-refractivity contribution >= 4 is 17.7 Å². The summed E-state index contributed by atoms with van der Waals surface area (Å²) in [6, 6.07) is 0.286. The fourth-order valence-corrected chi connectivity index (χ4v) is 1.92. The average Bonchev–Trinajstić information content (AvgIpc) is 2.91. The molecule has 0 fully saturated rings. The van der Waals surface area contributed by atoms with E-state index in [1.54, 1.807) is 27.7 Å². The van der Waals surface area contributed by atoms with Crippen molar-refractivity contribution in [2.75, 3.05) is 13.1 Å². The predicted molar refractivity (Wildman–Crippen MR) is 88.7 cm³/mol. The first-order valence-electron chi connectivity index (χ1n) is 7.74. The number of hydrogen-bond acceptors (Lipinski definition) is 7. The summed E-state index contributed by atoms with van der Waals surface area (Å²) in [7, 11) is 0. The van der Waals surface area contributed by atoms with E-state index in [2.05, 4.69) is 26.3 Å². The molecule has 0 unspecified atom stereocenters. The van der Waals surface area contributed by atoms with Gasteiger partial charge in [0.05, 0.1) is 13.0 Å². The van der Waals surface area contributed by atoms with Gasteiger partial charge in [-0.25, -0.2) is 0 Å². The lowest BCUT2D eigenvalue weighted by atomic mass is 10.1. The summed E-state index contributed by atoms with van der Waals surface area (Å²) >= 11 is 0. The van der Waals surface area contributed by atoms with Gasteiger partial charge in [0.2, 0.25) is 11.8 Å². The molecule has 0 bridgehead atoms. The second-order valence-electron chi connectivity index (χ2n) is 6.49. The van der Waals surface area contributed by atoms with Gasteiger partial charge in [0.1, 0.15) is 11.8 Å². The smallest absolute Gasteiger partial charge is 0.274 e. The van der Waals surface area contributed by atoms with Crippen molar-refractivity contribution in [1.29, 1.82) is 0 Å². The number of aryl methyl sites for hydroxylation is 1. The molecule has 0 aromatic carbocycles. The number of hydrogen-bond donors (Lipinski definition) is 3. The van der Waals surface area contributed by atoms with Crippen LogP contribution in [0, 0.1) is 11.8 Å². The van der Waals surface area contributed by atoms with Crippen LogP contribution in [0.1, 0.15) is 43.4 Å². The van der Waals surface area contributed by atoms with Crippen LogP contribution in [0.5, 0.6) is 0 Å². The first kappa shape index (κ1) is 20.3. The highest BCUT2D eigenvalue weighted by atomic mass is 16.5. The molecule has 3 N–H and O–H groups in total. The van der Waals surface area contributed by atoms with Gasteiger partial charge >= 0.3 is 0 Å². The highest BCUT2D eigenvalue weighted by Gasteiger charge is 2.26. The minimum absolute atomic E-state index is 0.00101. The van der Waals surface area contributed by atoms with E-state index in [0.29, 0.717) is 5.76 Å². The molecule has 1 aromatic heterocycles. The molecular formula is C15H23N5O5. The molecule has 1 atom stereocenters. The van der Waals surface area contributed by atoms with Gasteiger partial charge in [0.25, 0.3) is 5.91 Å². The first-order chi connectivity index (χ1) is 11.6. The van der Waals surface area contributed by atoms with Crippen molar-refractivity contribution in [3.63, 3.8) is 0 Å². The average molecular weight is 353 g/mol. The van der Waals surface area contributed by atoms with E-state index in [9.17, 15) is 19.3 Å². The Kier molecular flexibility index (Phi) is 7.22. The second-order valence-corrected chi connectivity index (χ2v) is 6.49. The largest absolute Gasteiger partial charge is 0.361 e. The van der Waals surface area contributed by atoms with Gasteiger partial charge in [-0.15, -0.1) is 0 Å². The number of carbonyl (C=O) groups is 3. The number of nitrogens with zero attached hydrogens (tertiary/aromatic N) is 2. The number of nitroso groups, excluding NO2 is 1. The molecule has 0 aliphatic heterocycles. The zero-order valence-electron chi connectivity index (χ0n) is 14.7. The maximum absolute atomic E-state index is 12.2. The monoisotopic (exact) mass is 353 g/mol. The first-order valence-corrected chi connectivity index (χ1v) is 7.74. The third kappa shape index (κ3) is 7.55. The van der Waals surface area contributed by atoms with Crippen LogP contribution in [-0.4, -0.2) is 47.5 Å². The highest BCUT2D eigenvalue weighted by Crippen LogP contribution is 2.05. The van der Waals surface area contributed by atoms with E-state index < -0.39 is 29.3 Å². The molecule has 1 aromatic rings. The van der Waals surface area contributed by atoms with Crippen molar-refractivity contribution in [3.8, 4) is 0 Å². The SMILES string of the molecule is Cc1cc(C(=O)N[C@@H](CC(=O)NC(C)(C)C)C(=O)NCCN=O)no1. The van der Waals surface area contributed by atoms with E-state index >= 15 is 0 Å². The van der Waals surface area contributed by atoms with Crippen LogP contribution < -0.4 is 16.0 Å². The lowest BCUT2D eigenvalue weighted by Crippen LogP contribution is -2.51. The zero-order valence-corrected chi connectivity index (χ0v) is 14.7. The molecule has 0 spiro atoms. The second kappa shape index (κ2) is 8.90. The molecule has 0 radical (unpaired) electrons. The molecule has 138 valence electrons. The van der Waals surface area contributed by atoms with E-state index in [0.717, 1.165) is 0 Å². The van der Waals surface area contributed by atoms with Gasteiger partial charge in [-0.1, -0.05) is 10.3 Å². The zero-order chi connectivity index (χ0) is 19.0. The summed E-state index contributed by atoms with van der Waals surface area (Å²) in [6.45, 7) is 6.92. The minimum atomic E-state index is -1.13. The van der Waals surface area contributed by atoms with Gasteiger partial charge < -0.3 is 20.5 Å². The van der Waals surface area contributed by atoms with Gasteiger partial charge in [0, 0.05) is 18.2 Å². The normalized spacial score (nSPS) is 12.2. The van der Waals surface area contributed by atoms with Crippen molar-refractivity contribution in [2.24, 2.45) is 5.18 Å². The van der Waals surface area contributed by atoms with Crippen molar-refractivity contribution in [2.45, 2.75) is 45.7 Å². The van der Waals surface area contributed by atoms with E-state index in [1.807, 2.05) is 0 Å². The van der Waals surface area contributed by atoms with Crippen LogP contribution in [0.2, 0.25) is 0 Å². The Balaban J connectivity index is 2.79. The number of rotatable bonds is 8. The Morgan fingerprint density at radius 3 is 2.52 bits per heavy atom. The maximum Gasteiger partial charge on any atom is 0.274 e. The Morgan fingerprint density at radius 1 is 1.32 bits per heavy atom. The van der Waals surface area contributed by atoms with Crippen LogP contribution in [-0.2, 0) is 9.59 Å². The Labute approximate surface area is 145 Å². The molecule has 10 heteroatoms. The molecule has 10 nitrogen and oxygen atoms in total. The Hall–Kier alpha value is -2.78. The molecule has 1 heterocycles. The molecule has 0 saturated carbocycles. The third-order valence-electron chi connectivity index (χ3n) is 2.89. The molecular weight excluding hydrogens is 330 g/mol. The maximum atomic E-state index is 12.2. The fourth-order valence-electron chi connectivity index (χ4n) is 1.92. The fraction of sp³-hybridized carbons (Fsp3) is 0.600. The summed E-state index contributed by atoms with van der Waals surface area (Å²) in [5.41, 5.74) is -0.478. The number of carbonyl (C=O) groups excluding carboxylic acids is 3. The summed E-state index contributed by atoms with van der Waals surface area (Å²) < 4.78 is 4.82. The van der Waals surface area contributed by atoms with Crippen LogP contribution in [0.4, 0.5) is 0 Å². The third-order valence-corrected chi connectivity index (χ3v) is 2.89. The van der Waals surface area contributed by atoms with Gasteiger partial charge in [-0.05, 0) is 27.7 Å². The van der Waals surface area contributed by atoms with E-state index in [4.69, 9.17) is 4.52 Å². The summed E-state index contributed by atoms with van der Waals surface area (Å²) in [5, 5.41) is 13.8. The van der Waals surface area contributed by atoms with Crippen LogP contribution in [0.3, 0.4) is 0 Å². The number of nitrogens with one attached hydrogen (secondary N) is 3. The van der Waals surface area contributed by atoms with E-state index in [-0.39, 0.29) is 25.2 Å². The summed E-state index contributed by atoms with van der Waals surface area (Å²) in [6.07, 6.45) is -0.264. The van der Waals surface area contributed by atoms with Gasteiger partial charge in [-0.3, -0.25) is 14.4 Å². The van der Waals surface area contributed by atoms with Crippen LogP contribution in [0.25, 0.3) is 0 Å². The molecule has 25 heavy (non-hydrogen) atoms. The predicted octanol–water partition coefficient (Wildman–Crippen LogP) is 0.269. The van der Waals surface area contributed by atoms with E-state index in [1.165, 1.54) is 6.07 Å². The van der Waals surface area contributed by atoms with Crippen molar-refractivity contribution in [1.82, 2.24) is 21.1 Å².